The summed E-state index contributed by atoms with van der Waals surface area (Å²) in [6.45, 7) is 2.26. The molecule has 0 spiro atoms. The molecule has 24 heavy (non-hydrogen) atoms. The molecule has 0 saturated heterocycles. The van der Waals surface area contributed by atoms with E-state index in [9.17, 15) is 49.4 Å². The number of ether oxygens (including phenoxy) is 1. The highest BCUT2D eigenvalue weighted by Gasteiger charge is 2.81. The number of hydrogen-bond donors (Lipinski definition) is 1. The Hall–Kier alpha value is -1.46. The van der Waals surface area contributed by atoms with E-state index in [1.165, 1.54) is 0 Å². The van der Waals surface area contributed by atoms with E-state index in [0.29, 0.717) is 0 Å². The van der Waals surface area contributed by atoms with E-state index in [-0.39, 0.29) is 12.8 Å². The maximum absolute atomic E-state index is 13.0. The summed E-state index contributed by atoms with van der Waals surface area (Å²) in [5.74, 6) is -2.50. The van der Waals surface area contributed by atoms with Crippen molar-refractivity contribution >= 4 is 5.97 Å². The predicted molar refractivity (Wildman–Crippen MR) is 59.5 cm³/mol. The Morgan fingerprint density at radius 1 is 0.917 bits per heavy atom. The highest BCUT2D eigenvalue weighted by Crippen LogP contribution is 2.56. The first-order chi connectivity index (χ1) is 10.5. The fourth-order valence-corrected chi connectivity index (χ4v) is 2.52. The summed E-state index contributed by atoms with van der Waals surface area (Å²) in [5.41, 5.74) is -11.4. The van der Waals surface area contributed by atoms with Crippen LogP contribution in [0, 0.1) is 0 Å². The maximum Gasteiger partial charge on any atom is 0.430 e. The summed E-state index contributed by atoms with van der Waals surface area (Å²) >= 11 is 0. The summed E-state index contributed by atoms with van der Waals surface area (Å²) in [4.78, 5) is 11.4. The van der Waals surface area contributed by atoms with Crippen LogP contribution in [-0.4, -0.2) is 40.8 Å². The SMILES string of the molecule is C=C(C(=O)OC1(C(O)(C(F)(F)F)C(F)(F)F)CCCC1)C(F)(F)F. The number of esters is 1. The lowest BCUT2D eigenvalue weighted by molar-refractivity contribution is -0.411. The van der Waals surface area contributed by atoms with Gasteiger partial charge >= 0.3 is 24.5 Å². The summed E-state index contributed by atoms with van der Waals surface area (Å²) in [5, 5.41) is 9.43. The molecule has 0 radical (unpaired) electrons. The lowest BCUT2D eigenvalue weighted by Gasteiger charge is -2.45. The van der Waals surface area contributed by atoms with Crippen molar-refractivity contribution in [2.75, 3.05) is 0 Å². The van der Waals surface area contributed by atoms with Crippen molar-refractivity contribution in [3.8, 4) is 0 Å². The number of hydrogen-bond acceptors (Lipinski definition) is 3. The molecule has 0 aromatic carbocycles. The summed E-state index contributed by atoms with van der Waals surface area (Å²) in [7, 11) is 0. The maximum atomic E-state index is 13.0. The van der Waals surface area contributed by atoms with Gasteiger partial charge in [0.15, 0.2) is 5.60 Å². The second kappa shape index (κ2) is 5.81. The van der Waals surface area contributed by atoms with Crippen molar-refractivity contribution in [1.29, 1.82) is 0 Å². The molecular weight excluding hydrogens is 363 g/mol. The van der Waals surface area contributed by atoms with E-state index < -0.39 is 54.1 Å². The van der Waals surface area contributed by atoms with Gasteiger partial charge in [0.05, 0.1) is 0 Å². The smallest absolute Gasteiger partial charge is 0.430 e. The van der Waals surface area contributed by atoms with Crippen molar-refractivity contribution in [2.45, 2.75) is 55.4 Å². The third-order valence-corrected chi connectivity index (χ3v) is 3.77. The van der Waals surface area contributed by atoms with Gasteiger partial charge < -0.3 is 9.84 Å². The number of carbonyl (C=O) groups is 1. The highest BCUT2D eigenvalue weighted by molar-refractivity contribution is 5.89. The number of rotatable bonds is 3. The Balaban J connectivity index is 3.39. The molecule has 1 saturated carbocycles. The Morgan fingerprint density at radius 2 is 1.29 bits per heavy atom. The van der Waals surface area contributed by atoms with Crippen LogP contribution in [0.15, 0.2) is 12.2 Å². The van der Waals surface area contributed by atoms with Crippen molar-refractivity contribution in [3.05, 3.63) is 12.2 Å². The van der Waals surface area contributed by atoms with Gasteiger partial charge in [-0.3, -0.25) is 0 Å². The molecule has 0 aromatic rings. The van der Waals surface area contributed by atoms with E-state index in [0.717, 1.165) is 0 Å². The minimum atomic E-state index is -6.34. The van der Waals surface area contributed by atoms with Crippen LogP contribution < -0.4 is 0 Å². The summed E-state index contributed by atoms with van der Waals surface area (Å²) in [6, 6.07) is 0. The van der Waals surface area contributed by atoms with Crippen LogP contribution in [-0.2, 0) is 9.53 Å². The molecule has 12 heteroatoms. The fraction of sp³-hybridized carbons (Fsp3) is 0.750. The zero-order valence-corrected chi connectivity index (χ0v) is 11.7. The number of aliphatic hydroxyl groups is 1. The van der Waals surface area contributed by atoms with Gasteiger partial charge in [-0.1, -0.05) is 6.58 Å². The van der Waals surface area contributed by atoms with Gasteiger partial charge in [0.2, 0.25) is 0 Å². The molecule has 0 aliphatic heterocycles. The second-order valence-corrected chi connectivity index (χ2v) is 5.27. The zero-order valence-electron chi connectivity index (χ0n) is 11.7. The van der Waals surface area contributed by atoms with E-state index in [2.05, 4.69) is 11.3 Å². The van der Waals surface area contributed by atoms with Gasteiger partial charge in [-0.05, 0) is 25.7 Å². The van der Waals surface area contributed by atoms with Gasteiger partial charge in [-0.2, -0.15) is 39.5 Å². The molecule has 3 nitrogen and oxygen atoms in total. The average molecular weight is 374 g/mol. The first-order valence-electron chi connectivity index (χ1n) is 6.35. The molecule has 1 aliphatic carbocycles. The molecule has 1 fully saturated rings. The van der Waals surface area contributed by atoms with E-state index in [1.54, 1.807) is 0 Å². The standard InChI is InChI=1S/C12H11F9O3/c1-6(9(13,14)15)7(22)24-8(4-2-3-5-8)10(23,11(16,17)18)12(19,20)21/h23H,1-5H2. The first kappa shape index (κ1) is 20.6. The molecule has 0 atom stereocenters. The van der Waals surface area contributed by atoms with Crippen LogP contribution in [0.1, 0.15) is 25.7 Å². The minimum absolute atomic E-state index is 0.319. The largest absolute Gasteiger partial charge is 0.452 e. The number of alkyl halides is 9. The van der Waals surface area contributed by atoms with Gasteiger partial charge in [0.1, 0.15) is 5.57 Å². The van der Waals surface area contributed by atoms with Crippen LogP contribution in [0.2, 0.25) is 0 Å². The quantitative estimate of drug-likeness (QED) is 0.464. The predicted octanol–water partition coefficient (Wildman–Crippen LogP) is 3.82. The van der Waals surface area contributed by atoms with Gasteiger partial charge in [0.25, 0.3) is 5.60 Å². The van der Waals surface area contributed by atoms with Crippen molar-refractivity contribution < 1.29 is 54.2 Å². The fourth-order valence-electron chi connectivity index (χ4n) is 2.52. The minimum Gasteiger partial charge on any atom is -0.452 e. The molecule has 0 aromatic heterocycles. The topological polar surface area (TPSA) is 46.5 Å². The van der Waals surface area contributed by atoms with Gasteiger partial charge in [0, 0.05) is 0 Å². The molecule has 0 bridgehead atoms. The highest BCUT2D eigenvalue weighted by atomic mass is 19.4. The van der Waals surface area contributed by atoms with Crippen LogP contribution in [0.4, 0.5) is 39.5 Å². The molecular formula is C12H11F9O3. The average Bonchev–Trinajstić information content (AvgIpc) is 2.82. The Kier molecular flexibility index (Phi) is 4.99. The third kappa shape index (κ3) is 3.20. The third-order valence-electron chi connectivity index (χ3n) is 3.77. The molecule has 1 aliphatic rings. The van der Waals surface area contributed by atoms with Crippen LogP contribution >= 0.6 is 0 Å². The molecule has 0 heterocycles. The molecule has 0 unspecified atom stereocenters. The Labute approximate surface area is 129 Å². The van der Waals surface area contributed by atoms with E-state index in [4.69, 9.17) is 0 Å². The van der Waals surface area contributed by atoms with E-state index >= 15 is 0 Å². The normalized spacial score (nSPS) is 19.2. The Morgan fingerprint density at radius 3 is 1.58 bits per heavy atom. The van der Waals surface area contributed by atoms with Crippen molar-refractivity contribution in [1.82, 2.24) is 0 Å². The molecule has 140 valence electrons. The van der Waals surface area contributed by atoms with Crippen LogP contribution in [0.5, 0.6) is 0 Å². The molecule has 1 rings (SSSR count). The van der Waals surface area contributed by atoms with Crippen molar-refractivity contribution in [2.24, 2.45) is 0 Å². The van der Waals surface area contributed by atoms with Gasteiger partial charge in [-0.15, -0.1) is 0 Å². The molecule has 0 amide bonds. The first-order valence-corrected chi connectivity index (χ1v) is 6.35. The van der Waals surface area contributed by atoms with Crippen molar-refractivity contribution in [3.63, 3.8) is 0 Å². The lowest BCUT2D eigenvalue weighted by atomic mass is 9.79. The monoisotopic (exact) mass is 374 g/mol. The van der Waals surface area contributed by atoms with Crippen LogP contribution in [0.3, 0.4) is 0 Å². The van der Waals surface area contributed by atoms with Crippen LogP contribution in [0.25, 0.3) is 0 Å². The zero-order chi connectivity index (χ0) is 19.2. The summed E-state index contributed by atoms with van der Waals surface area (Å²) < 4.78 is 119. The number of carbonyl (C=O) groups excluding carboxylic acids is 1. The number of halogens is 9. The molecule has 1 N–H and O–H groups in total. The Bertz CT molecular complexity index is 495. The summed E-state index contributed by atoms with van der Waals surface area (Å²) in [6.07, 6.45) is -20.9. The second-order valence-electron chi connectivity index (χ2n) is 5.27. The lowest BCUT2D eigenvalue weighted by Crippen LogP contribution is -2.71. The van der Waals surface area contributed by atoms with E-state index in [1.807, 2.05) is 0 Å². The van der Waals surface area contributed by atoms with Gasteiger partial charge in [-0.25, -0.2) is 4.79 Å².